The van der Waals surface area contributed by atoms with Crippen molar-refractivity contribution in [2.75, 3.05) is 43.5 Å². The molecule has 0 radical (unpaired) electrons. The van der Waals surface area contributed by atoms with Crippen LogP contribution in [0.1, 0.15) is 35.6 Å². The third kappa shape index (κ3) is 5.64. The molecule has 1 fully saturated rings. The molecule has 1 atom stereocenters. The molecule has 3 aromatic rings. The second-order valence-corrected chi connectivity index (χ2v) is 8.63. The molecule has 4 rings (SSSR count). The van der Waals surface area contributed by atoms with Crippen molar-refractivity contribution in [1.29, 1.82) is 0 Å². The smallest absolute Gasteiger partial charge is 0.134 e. The Morgan fingerprint density at radius 3 is 2.75 bits per heavy atom. The highest BCUT2D eigenvalue weighted by molar-refractivity contribution is 5.55. The van der Waals surface area contributed by atoms with Crippen LogP contribution in [0.3, 0.4) is 0 Å². The first-order chi connectivity index (χ1) is 15.6. The number of anilines is 3. The van der Waals surface area contributed by atoms with Crippen LogP contribution in [0.15, 0.2) is 60.8 Å². The Morgan fingerprint density at radius 2 is 1.97 bits per heavy atom. The van der Waals surface area contributed by atoms with Crippen molar-refractivity contribution in [3.8, 4) is 0 Å². The third-order valence-corrected chi connectivity index (χ3v) is 6.17. The van der Waals surface area contributed by atoms with Crippen LogP contribution in [0.4, 0.5) is 17.3 Å². The largest absolute Gasteiger partial charge is 0.395 e. The van der Waals surface area contributed by atoms with Crippen molar-refractivity contribution in [2.45, 2.75) is 32.2 Å². The fourth-order valence-electron chi connectivity index (χ4n) is 4.32. The van der Waals surface area contributed by atoms with Crippen molar-refractivity contribution in [1.82, 2.24) is 14.9 Å². The van der Waals surface area contributed by atoms with Crippen LogP contribution in [-0.2, 0) is 6.54 Å². The Kier molecular flexibility index (Phi) is 7.35. The number of nitrogens with zero attached hydrogens (tertiary/aromatic N) is 4. The molecule has 1 aliphatic heterocycles. The second kappa shape index (κ2) is 10.6. The average Bonchev–Trinajstić information content (AvgIpc) is 2.82. The van der Waals surface area contributed by atoms with Gasteiger partial charge in [0.25, 0.3) is 0 Å². The van der Waals surface area contributed by atoms with E-state index in [0.717, 1.165) is 48.2 Å². The highest BCUT2D eigenvalue weighted by Gasteiger charge is 2.22. The van der Waals surface area contributed by atoms with Crippen LogP contribution in [0.5, 0.6) is 0 Å². The van der Waals surface area contributed by atoms with Crippen LogP contribution in [0.25, 0.3) is 0 Å². The van der Waals surface area contributed by atoms with Gasteiger partial charge in [0, 0.05) is 50.2 Å². The third-order valence-electron chi connectivity index (χ3n) is 6.17. The lowest BCUT2D eigenvalue weighted by Gasteiger charge is -2.32. The molecule has 0 spiro atoms. The van der Waals surface area contributed by atoms with Gasteiger partial charge in [-0.25, -0.2) is 9.97 Å². The highest BCUT2D eigenvalue weighted by atomic mass is 16.3. The number of aromatic nitrogens is 2. The van der Waals surface area contributed by atoms with Crippen LogP contribution < -0.4 is 10.2 Å². The first-order valence-corrected chi connectivity index (χ1v) is 11.4. The first kappa shape index (κ1) is 22.2. The number of aliphatic hydroxyl groups is 1. The summed E-state index contributed by atoms with van der Waals surface area (Å²) in [5.74, 6) is 2.14. The molecule has 2 aromatic heterocycles. The van der Waals surface area contributed by atoms with E-state index in [2.05, 4.69) is 69.5 Å². The van der Waals surface area contributed by atoms with Crippen molar-refractivity contribution in [3.63, 3.8) is 0 Å². The summed E-state index contributed by atoms with van der Waals surface area (Å²) in [6.07, 6.45) is 4.15. The molecule has 0 amide bonds. The summed E-state index contributed by atoms with van der Waals surface area (Å²) in [7, 11) is 2.01. The maximum Gasteiger partial charge on any atom is 0.134 e. The summed E-state index contributed by atoms with van der Waals surface area (Å²) in [6.45, 7) is 5.95. The number of likely N-dealkylation sites (N-methyl/N-ethyl adjacent to an activating group) is 1. The van der Waals surface area contributed by atoms with E-state index < -0.39 is 0 Å². The van der Waals surface area contributed by atoms with Crippen LogP contribution in [0, 0.1) is 6.92 Å². The molecule has 168 valence electrons. The molecule has 6 nitrogen and oxygen atoms in total. The molecule has 1 saturated heterocycles. The minimum absolute atomic E-state index is 0.166. The number of piperidine rings is 1. The van der Waals surface area contributed by atoms with Gasteiger partial charge in [0.05, 0.1) is 6.61 Å². The maximum atomic E-state index is 9.13. The Hall–Kier alpha value is -2.96. The van der Waals surface area contributed by atoms with Crippen LogP contribution >= 0.6 is 0 Å². The van der Waals surface area contributed by atoms with Gasteiger partial charge < -0.3 is 15.3 Å². The molecule has 0 aliphatic carbocycles. The number of hydrogen-bond donors (Lipinski definition) is 2. The Labute approximate surface area is 190 Å². The summed E-state index contributed by atoms with van der Waals surface area (Å²) in [4.78, 5) is 13.9. The predicted octanol–water partition coefficient (Wildman–Crippen LogP) is 4.34. The molecule has 2 N–H and O–H groups in total. The van der Waals surface area contributed by atoms with Gasteiger partial charge in [-0.15, -0.1) is 0 Å². The summed E-state index contributed by atoms with van der Waals surface area (Å²) >= 11 is 0. The lowest BCUT2D eigenvalue weighted by atomic mass is 9.94. The fourth-order valence-corrected chi connectivity index (χ4v) is 4.32. The number of rotatable bonds is 8. The van der Waals surface area contributed by atoms with Crippen molar-refractivity contribution in [2.24, 2.45) is 0 Å². The zero-order chi connectivity index (χ0) is 22.3. The molecule has 32 heavy (non-hydrogen) atoms. The summed E-state index contributed by atoms with van der Waals surface area (Å²) in [5.41, 5.74) is 4.71. The highest BCUT2D eigenvalue weighted by Crippen LogP contribution is 2.28. The molecular formula is C26H33N5O. The lowest BCUT2D eigenvalue weighted by Crippen LogP contribution is -2.34. The topological polar surface area (TPSA) is 64.5 Å². The van der Waals surface area contributed by atoms with Gasteiger partial charge in [-0.2, -0.15) is 0 Å². The minimum atomic E-state index is 0.166. The monoisotopic (exact) mass is 431 g/mol. The SMILES string of the molecule is Cc1cccnc1Nc1cccc(C2CCCN(Cc3ccc(N(C)CCO)cc3)C2)n1. The molecule has 3 heterocycles. The number of aliphatic hydroxyl groups excluding tert-OH is 1. The van der Waals surface area contributed by atoms with E-state index in [0.29, 0.717) is 12.5 Å². The minimum Gasteiger partial charge on any atom is -0.395 e. The summed E-state index contributed by atoms with van der Waals surface area (Å²) < 4.78 is 0. The number of benzene rings is 1. The van der Waals surface area contributed by atoms with Gasteiger partial charge in [0.1, 0.15) is 11.6 Å². The Balaban J connectivity index is 1.39. The van der Waals surface area contributed by atoms with E-state index in [1.54, 1.807) is 6.20 Å². The van der Waals surface area contributed by atoms with E-state index in [4.69, 9.17) is 10.1 Å². The number of pyridine rings is 2. The Bertz CT molecular complexity index is 1010. The molecular weight excluding hydrogens is 398 g/mol. The average molecular weight is 432 g/mol. The predicted molar refractivity (Wildman–Crippen MR) is 131 cm³/mol. The van der Waals surface area contributed by atoms with Gasteiger partial charge in [-0.1, -0.05) is 24.3 Å². The zero-order valence-electron chi connectivity index (χ0n) is 19.0. The number of nitrogens with one attached hydrogen (secondary N) is 1. The van der Waals surface area contributed by atoms with Crippen molar-refractivity contribution in [3.05, 3.63) is 77.6 Å². The lowest BCUT2D eigenvalue weighted by molar-refractivity contribution is 0.198. The van der Waals surface area contributed by atoms with E-state index in [-0.39, 0.29) is 6.61 Å². The molecule has 1 aliphatic rings. The van der Waals surface area contributed by atoms with Gasteiger partial charge in [0.15, 0.2) is 0 Å². The Morgan fingerprint density at radius 1 is 1.12 bits per heavy atom. The summed E-state index contributed by atoms with van der Waals surface area (Å²) in [5, 5.41) is 12.5. The second-order valence-electron chi connectivity index (χ2n) is 8.63. The van der Waals surface area contributed by atoms with E-state index >= 15 is 0 Å². The van der Waals surface area contributed by atoms with Gasteiger partial charge >= 0.3 is 0 Å². The normalized spacial score (nSPS) is 16.7. The molecule has 0 saturated carbocycles. The van der Waals surface area contributed by atoms with E-state index in [1.807, 2.05) is 19.2 Å². The quantitative estimate of drug-likeness (QED) is 0.553. The molecule has 1 unspecified atom stereocenters. The standard InChI is InChI=1S/C26H33N5O/c1-20-6-4-14-27-26(20)29-25-9-3-8-24(28-25)22-7-5-15-31(19-22)18-21-10-12-23(13-11-21)30(2)16-17-32/h3-4,6,8-14,22,32H,5,7,15-19H2,1-2H3,(H,27,28,29). The summed E-state index contributed by atoms with van der Waals surface area (Å²) in [6, 6.07) is 18.9. The van der Waals surface area contributed by atoms with Gasteiger partial charge in [0.2, 0.25) is 0 Å². The van der Waals surface area contributed by atoms with Crippen molar-refractivity contribution < 1.29 is 5.11 Å². The number of hydrogen-bond acceptors (Lipinski definition) is 6. The molecule has 0 bridgehead atoms. The number of aryl methyl sites for hydroxylation is 1. The first-order valence-electron chi connectivity index (χ1n) is 11.4. The molecule has 1 aromatic carbocycles. The van der Waals surface area contributed by atoms with Gasteiger partial charge in [-0.05, 0) is 67.8 Å². The van der Waals surface area contributed by atoms with Gasteiger partial charge in [-0.3, -0.25) is 4.90 Å². The van der Waals surface area contributed by atoms with Crippen LogP contribution in [-0.4, -0.2) is 53.3 Å². The maximum absolute atomic E-state index is 9.13. The fraction of sp³-hybridized carbons (Fsp3) is 0.385. The van der Waals surface area contributed by atoms with Crippen molar-refractivity contribution >= 4 is 17.3 Å². The molecule has 6 heteroatoms. The van der Waals surface area contributed by atoms with E-state index in [9.17, 15) is 0 Å². The zero-order valence-corrected chi connectivity index (χ0v) is 19.0. The van der Waals surface area contributed by atoms with E-state index in [1.165, 1.54) is 18.4 Å². The number of likely N-dealkylation sites (tertiary alicyclic amines) is 1. The van der Waals surface area contributed by atoms with Crippen LogP contribution in [0.2, 0.25) is 0 Å².